The number of hydrogen-bond acceptors (Lipinski definition) is 6. The Hall–Kier alpha value is -2.66. The lowest BCUT2D eigenvalue weighted by Gasteiger charge is -2.17. The molecule has 1 amide bonds. The van der Waals surface area contributed by atoms with Gasteiger partial charge < -0.3 is 5.32 Å². The number of thioether (sulfide) groups is 1. The number of anilines is 1. The van der Waals surface area contributed by atoms with Gasteiger partial charge in [0.25, 0.3) is 0 Å². The summed E-state index contributed by atoms with van der Waals surface area (Å²) in [6.07, 6.45) is 6.30. The summed E-state index contributed by atoms with van der Waals surface area (Å²) in [4.78, 5) is 23.3. The van der Waals surface area contributed by atoms with Gasteiger partial charge in [0.15, 0.2) is 0 Å². The van der Waals surface area contributed by atoms with Crippen LogP contribution >= 0.6 is 34.7 Å². The van der Waals surface area contributed by atoms with Crippen molar-refractivity contribution in [2.45, 2.75) is 31.1 Å². The van der Waals surface area contributed by atoms with E-state index in [2.05, 4.69) is 28.3 Å². The molecule has 1 aromatic carbocycles. The fourth-order valence-corrected chi connectivity index (χ4v) is 5.86. The van der Waals surface area contributed by atoms with Crippen LogP contribution in [-0.2, 0) is 17.6 Å². The number of halogens is 1. The Kier molecular flexibility index (Phi) is 7.26. The maximum atomic E-state index is 12.6. The van der Waals surface area contributed by atoms with E-state index in [9.17, 15) is 10.1 Å². The molecule has 8 heteroatoms. The molecule has 2 heterocycles. The van der Waals surface area contributed by atoms with Crippen molar-refractivity contribution >= 4 is 57.5 Å². The lowest BCUT2D eigenvalue weighted by Crippen LogP contribution is -2.14. The molecule has 0 aliphatic heterocycles. The summed E-state index contributed by atoms with van der Waals surface area (Å²) in [6.45, 7) is 2.23. The minimum absolute atomic E-state index is 0.116. The summed E-state index contributed by atoms with van der Waals surface area (Å²) in [7, 11) is 0. The van der Waals surface area contributed by atoms with Crippen molar-refractivity contribution in [1.82, 2.24) is 4.98 Å². The first-order valence-electron chi connectivity index (χ1n) is 10.3. The number of pyridine rings is 1. The van der Waals surface area contributed by atoms with Crippen molar-refractivity contribution in [2.75, 3.05) is 11.1 Å². The van der Waals surface area contributed by atoms with Gasteiger partial charge in [-0.3, -0.25) is 9.79 Å². The fraction of sp³-hybridized carbons (Fsp3) is 0.250. The summed E-state index contributed by atoms with van der Waals surface area (Å²) in [5.74, 6) is 0.760. The second-order valence-electron chi connectivity index (χ2n) is 7.64. The van der Waals surface area contributed by atoms with E-state index in [1.54, 1.807) is 29.8 Å². The highest BCUT2D eigenvalue weighted by Gasteiger charge is 2.24. The van der Waals surface area contributed by atoms with Crippen molar-refractivity contribution in [3.8, 4) is 6.07 Å². The average molecular weight is 481 g/mol. The predicted molar refractivity (Wildman–Crippen MR) is 133 cm³/mol. The largest absolute Gasteiger partial charge is 0.316 e. The van der Waals surface area contributed by atoms with Crippen LogP contribution in [0.4, 0.5) is 10.7 Å². The first-order valence-corrected chi connectivity index (χ1v) is 12.4. The van der Waals surface area contributed by atoms with Crippen molar-refractivity contribution in [1.29, 1.82) is 5.26 Å². The summed E-state index contributed by atoms with van der Waals surface area (Å²) in [5.41, 5.74) is 3.27. The van der Waals surface area contributed by atoms with E-state index >= 15 is 0 Å². The van der Waals surface area contributed by atoms with Gasteiger partial charge in [-0.15, -0.1) is 23.1 Å². The minimum Gasteiger partial charge on any atom is -0.316 e. The van der Waals surface area contributed by atoms with E-state index in [4.69, 9.17) is 11.6 Å². The standard InChI is InChI=1S/C24H21ClN4OS2/c1-15-7-8-19-20(12-26)24(32-21(19)10-15)29-22(30)14-31-18-6-2-5-17(11-18)28-13-16-4-3-9-27-23(16)25/h2-6,9,11,13,15H,7-8,10,14H2,1H3,(H,29,30). The number of fused-ring (bicyclic) bond motifs is 1. The number of benzene rings is 1. The van der Waals surface area contributed by atoms with Crippen molar-refractivity contribution in [2.24, 2.45) is 10.9 Å². The molecular formula is C24H21ClN4OS2. The third kappa shape index (κ3) is 5.39. The van der Waals surface area contributed by atoms with Crippen molar-refractivity contribution in [3.63, 3.8) is 0 Å². The quantitative estimate of drug-likeness (QED) is 0.256. The molecule has 3 aromatic rings. The maximum absolute atomic E-state index is 12.6. The molecule has 1 aliphatic carbocycles. The Morgan fingerprint density at radius 3 is 3.12 bits per heavy atom. The van der Waals surface area contributed by atoms with Crippen LogP contribution in [0.2, 0.25) is 5.15 Å². The van der Waals surface area contributed by atoms with Crippen LogP contribution in [-0.4, -0.2) is 22.9 Å². The molecule has 1 aliphatic rings. The third-order valence-corrected chi connectivity index (χ3v) is 7.68. The molecular weight excluding hydrogens is 460 g/mol. The van der Waals surface area contributed by atoms with E-state index in [-0.39, 0.29) is 11.7 Å². The number of thiophene rings is 1. The Bertz CT molecular complexity index is 1210. The molecule has 0 fully saturated rings. The maximum Gasteiger partial charge on any atom is 0.235 e. The van der Waals surface area contributed by atoms with Crippen LogP contribution in [0.3, 0.4) is 0 Å². The van der Waals surface area contributed by atoms with E-state index in [0.717, 1.165) is 41.0 Å². The molecule has 1 atom stereocenters. The summed E-state index contributed by atoms with van der Waals surface area (Å²) >= 11 is 9.05. The molecule has 1 unspecified atom stereocenters. The molecule has 32 heavy (non-hydrogen) atoms. The van der Waals surface area contributed by atoms with Crippen molar-refractivity contribution < 1.29 is 4.79 Å². The van der Waals surface area contributed by atoms with Gasteiger partial charge in [0.2, 0.25) is 5.91 Å². The molecule has 0 saturated carbocycles. The minimum atomic E-state index is -0.116. The second kappa shape index (κ2) is 10.3. The number of carbonyl (C=O) groups is 1. The number of aromatic nitrogens is 1. The Morgan fingerprint density at radius 1 is 1.44 bits per heavy atom. The first-order chi connectivity index (χ1) is 15.5. The molecule has 162 valence electrons. The highest BCUT2D eigenvalue weighted by atomic mass is 35.5. The molecule has 0 saturated heterocycles. The molecule has 0 spiro atoms. The SMILES string of the molecule is CC1CCc2c(sc(NC(=O)CSc3cccc(N=Cc4cccnc4Cl)c3)c2C#N)C1. The van der Waals surface area contributed by atoms with E-state index < -0.39 is 0 Å². The highest BCUT2D eigenvalue weighted by molar-refractivity contribution is 8.00. The zero-order valence-corrected chi connectivity index (χ0v) is 19.9. The summed E-state index contributed by atoms with van der Waals surface area (Å²) in [6, 6.07) is 13.6. The predicted octanol–water partition coefficient (Wildman–Crippen LogP) is 6.27. The monoisotopic (exact) mass is 480 g/mol. The van der Waals surface area contributed by atoms with Gasteiger partial charge in [-0.1, -0.05) is 24.6 Å². The molecule has 1 N–H and O–H groups in total. The molecule has 0 radical (unpaired) electrons. The van der Waals surface area contributed by atoms with E-state index in [1.807, 2.05) is 30.3 Å². The van der Waals surface area contributed by atoms with Gasteiger partial charge >= 0.3 is 0 Å². The average Bonchev–Trinajstić information content (AvgIpc) is 3.13. The molecule has 5 nitrogen and oxygen atoms in total. The zero-order valence-electron chi connectivity index (χ0n) is 17.5. The lowest BCUT2D eigenvalue weighted by molar-refractivity contribution is -0.113. The second-order valence-corrected chi connectivity index (χ2v) is 10.2. The Balaban J connectivity index is 1.38. The number of rotatable bonds is 6. The molecule has 4 rings (SSSR count). The van der Waals surface area contributed by atoms with Gasteiger partial charge in [-0.2, -0.15) is 5.26 Å². The molecule has 0 bridgehead atoms. The Morgan fingerprint density at radius 2 is 2.31 bits per heavy atom. The van der Waals surface area contributed by atoms with E-state index in [1.165, 1.54) is 16.6 Å². The van der Waals surface area contributed by atoms with Crippen LogP contribution in [0, 0.1) is 17.2 Å². The number of nitrogens with one attached hydrogen (secondary N) is 1. The van der Waals surface area contributed by atoms with Crippen molar-refractivity contribution in [3.05, 3.63) is 69.3 Å². The Labute approximate surface area is 200 Å². The number of carbonyl (C=O) groups excluding carboxylic acids is 1. The first kappa shape index (κ1) is 22.5. The number of amides is 1. The highest BCUT2D eigenvalue weighted by Crippen LogP contribution is 2.39. The summed E-state index contributed by atoms with van der Waals surface area (Å²) in [5, 5.41) is 13.6. The number of nitrogens with zero attached hydrogens (tertiary/aromatic N) is 3. The van der Waals surface area contributed by atoms with Crippen LogP contribution in [0.5, 0.6) is 0 Å². The van der Waals surface area contributed by atoms with Gasteiger partial charge in [0, 0.05) is 27.7 Å². The lowest BCUT2D eigenvalue weighted by atomic mass is 9.89. The topological polar surface area (TPSA) is 78.1 Å². The number of nitriles is 1. The van der Waals surface area contributed by atoms with Crippen LogP contribution in [0.15, 0.2) is 52.5 Å². The van der Waals surface area contributed by atoms with Crippen LogP contribution in [0.1, 0.15) is 34.9 Å². The smallest absolute Gasteiger partial charge is 0.235 e. The summed E-state index contributed by atoms with van der Waals surface area (Å²) < 4.78 is 0. The fourth-order valence-electron chi connectivity index (χ4n) is 3.56. The normalized spacial score (nSPS) is 15.3. The van der Waals surface area contributed by atoms with Gasteiger partial charge in [0.05, 0.1) is 17.0 Å². The number of aliphatic imine (C=N–C) groups is 1. The molecule has 2 aromatic heterocycles. The van der Waals surface area contributed by atoms with Gasteiger partial charge in [-0.25, -0.2) is 4.98 Å². The van der Waals surface area contributed by atoms with E-state index in [0.29, 0.717) is 21.6 Å². The van der Waals surface area contributed by atoms with Gasteiger partial charge in [0.1, 0.15) is 16.2 Å². The van der Waals surface area contributed by atoms with Gasteiger partial charge in [-0.05, 0) is 61.1 Å². The third-order valence-electron chi connectivity index (χ3n) is 5.20. The van der Waals surface area contributed by atoms with Crippen LogP contribution in [0.25, 0.3) is 0 Å². The number of hydrogen-bond donors (Lipinski definition) is 1. The van der Waals surface area contributed by atoms with Crippen LogP contribution < -0.4 is 5.32 Å². The zero-order chi connectivity index (χ0) is 22.5.